The van der Waals surface area contributed by atoms with E-state index in [1.54, 1.807) is 12.1 Å². The molecule has 2 aromatic carbocycles. The average molecular weight is 389 g/mol. The minimum absolute atomic E-state index is 0.326. The quantitative estimate of drug-likeness (QED) is 0.778. The minimum atomic E-state index is -3.63. The molecule has 6 heteroatoms. The molecular weight excluding hydrogens is 360 g/mol. The van der Waals surface area contributed by atoms with Gasteiger partial charge in [0.05, 0.1) is 11.9 Å². The number of nitrogens with zero attached hydrogens (tertiary/aromatic N) is 1. The maximum Gasteiger partial charge on any atom is 0.248 e. The SMILES string of the molecule is CCc1cccc(C)c1NC(=O)[C@@H](CC)N(c1ccc(C)cc1)S(C)(=O)=O. The van der Waals surface area contributed by atoms with E-state index in [4.69, 9.17) is 0 Å². The summed E-state index contributed by atoms with van der Waals surface area (Å²) in [5, 5.41) is 2.97. The Morgan fingerprint density at radius 3 is 2.22 bits per heavy atom. The highest BCUT2D eigenvalue weighted by atomic mass is 32.2. The molecule has 0 saturated carbocycles. The van der Waals surface area contributed by atoms with Crippen LogP contribution in [0.1, 0.15) is 37.0 Å². The summed E-state index contributed by atoms with van der Waals surface area (Å²) in [6, 6.07) is 12.2. The van der Waals surface area contributed by atoms with Gasteiger partial charge in [-0.25, -0.2) is 8.42 Å². The highest BCUT2D eigenvalue weighted by Gasteiger charge is 2.31. The summed E-state index contributed by atoms with van der Waals surface area (Å²) in [6.07, 6.45) is 2.27. The van der Waals surface area contributed by atoms with Crippen molar-refractivity contribution in [2.75, 3.05) is 15.9 Å². The molecule has 0 heterocycles. The van der Waals surface area contributed by atoms with Crippen LogP contribution in [0, 0.1) is 13.8 Å². The van der Waals surface area contributed by atoms with E-state index in [1.165, 1.54) is 4.31 Å². The van der Waals surface area contributed by atoms with E-state index in [0.717, 1.165) is 35.1 Å². The number of para-hydroxylation sites is 1. The molecule has 1 atom stereocenters. The number of sulfonamides is 1. The van der Waals surface area contributed by atoms with Crippen LogP contribution in [0.3, 0.4) is 0 Å². The zero-order valence-electron chi connectivity index (χ0n) is 16.6. The lowest BCUT2D eigenvalue weighted by Gasteiger charge is -2.30. The molecule has 2 aromatic rings. The van der Waals surface area contributed by atoms with Gasteiger partial charge in [-0.2, -0.15) is 0 Å². The molecule has 0 bridgehead atoms. The molecule has 0 aliphatic rings. The average Bonchev–Trinajstić information content (AvgIpc) is 2.61. The molecule has 0 aliphatic heterocycles. The highest BCUT2D eigenvalue weighted by Crippen LogP contribution is 2.26. The first-order valence-electron chi connectivity index (χ1n) is 9.14. The first-order valence-corrected chi connectivity index (χ1v) is 11.0. The largest absolute Gasteiger partial charge is 0.324 e. The smallest absolute Gasteiger partial charge is 0.248 e. The number of anilines is 2. The van der Waals surface area contributed by atoms with Gasteiger partial charge < -0.3 is 5.32 Å². The summed E-state index contributed by atoms with van der Waals surface area (Å²) < 4.78 is 26.2. The van der Waals surface area contributed by atoms with Crippen LogP contribution in [-0.4, -0.2) is 26.6 Å². The van der Waals surface area contributed by atoms with Gasteiger partial charge >= 0.3 is 0 Å². The summed E-state index contributed by atoms with van der Waals surface area (Å²) >= 11 is 0. The molecule has 2 rings (SSSR count). The Kier molecular flexibility index (Phi) is 6.65. The summed E-state index contributed by atoms with van der Waals surface area (Å²) in [5.41, 5.74) is 4.27. The van der Waals surface area contributed by atoms with Crippen LogP contribution in [0.2, 0.25) is 0 Å². The van der Waals surface area contributed by atoms with E-state index in [2.05, 4.69) is 5.32 Å². The fraction of sp³-hybridized carbons (Fsp3) is 0.381. The second-order valence-corrected chi connectivity index (χ2v) is 8.63. The number of amides is 1. The van der Waals surface area contributed by atoms with Gasteiger partial charge in [0.1, 0.15) is 6.04 Å². The van der Waals surface area contributed by atoms with E-state index in [0.29, 0.717) is 12.1 Å². The first kappa shape index (κ1) is 21.0. The van der Waals surface area contributed by atoms with Crippen LogP contribution in [0.5, 0.6) is 0 Å². The lowest BCUT2D eigenvalue weighted by atomic mass is 10.0. The Morgan fingerprint density at radius 2 is 1.70 bits per heavy atom. The van der Waals surface area contributed by atoms with Crippen molar-refractivity contribution in [3.8, 4) is 0 Å². The van der Waals surface area contributed by atoms with E-state index >= 15 is 0 Å². The zero-order valence-corrected chi connectivity index (χ0v) is 17.4. The fourth-order valence-electron chi connectivity index (χ4n) is 3.16. The van der Waals surface area contributed by atoms with Gasteiger partial charge in [-0.3, -0.25) is 9.10 Å². The van der Waals surface area contributed by atoms with Crippen LogP contribution < -0.4 is 9.62 Å². The summed E-state index contributed by atoms with van der Waals surface area (Å²) in [4.78, 5) is 13.1. The maximum absolute atomic E-state index is 13.1. The van der Waals surface area contributed by atoms with Gasteiger partial charge in [0.2, 0.25) is 15.9 Å². The number of rotatable bonds is 7. The molecule has 0 aromatic heterocycles. The van der Waals surface area contributed by atoms with Crippen LogP contribution in [0.4, 0.5) is 11.4 Å². The normalized spacial score (nSPS) is 12.5. The van der Waals surface area contributed by atoms with E-state index in [9.17, 15) is 13.2 Å². The molecule has 0 saturated heterocycles. The van der Waals surface area contributed by atoms with E-state index in [1.807, 2.05) is 58.0 Å². The molecular formula is C21H28N2O3S. The van der Waals surface area contributed by atoms with Crippen molar-refractivity contribution in [3.05, 3.63) is 59.2 Å². The molecule has 5 nitrogen and oxygen atoms in total. The van der Waals surface area contributed by atoms with Gasteiger partial charge in [-0.1, -0.05) is 49.7 Å². The minimum Gasteiger partial charge on any atom is -0.324 e. The third-order valence-electron chi connectivity index (χ3n) is 4.61. The van der Waals surface area contributed by atoms with Gasteiger partial charge in [-0.15, -0.1) is 0 Å². The van der Waals surface area contributed by atoms with Crippen LogP contribution in [0.15, 0.2) is 42.5 Å². The second-order valence-electron chi connectivity index (χ2n) is 6.77. The first-order chi connectivity index (χ1) is 12.7. The Hall–Kier alpha value is -2.34. The number of carbonyl (C=O) groups is 1. The molecule has 0 spiro atoms. The Labute approximate surface area is 162 Å². The third kappa shape index (κ3) is 4.89. The molecule has 0 radical (unpaired) electrons. The number of hydrogen-bond donors (Lipinski definition) is 1. The van der Waals surface area contributed by atoms with Crippen molar-refractivity contribution in [1.29, 1.82) is 0 Å². The van der Waals surface area contributed by atoms with E-state index in [-0.39, 0.29) is 5.91 Å². The third-order valence-corrected chi connectivity index (χ3v) is 5.79. The molecule has 0 aliphatic carbocycles. The van der Waals surface area contributed by atoms with Crippen LogP contribution in [-0.2, 0) is 21.2 Å². The molecule has 0 fully saturated rings. The molecule has 0 unspecified atom stereocenters. The fourth-order valence-corrected chi connectivity index (χ4v) is 4.37. The van der Waals surface area contributed by atoms with Crippen molar-refractivity contribution < 1.29 is 13.2 Å². The Balaban J connectivity index is 2.43. The monoisotopic (exact) mass is 388 g/mol. The van der Waals surface area contributed by atoms with Crippen LogP contribution >= 0.6 is 0 Å². The Bertz CT molecular complexity index is 906. The summed E-state index contributed by atoms with van der Waals surface area (Å²) in [7, 11) is -3.63. The molecule has 146 valence electrons. The maximum atomic E-state index is 13.1. The highest BCUT2D eigenvalue weighted by molar-refractivity contribution is 7.92. The lowest BCUT2D eigenvalue weighted by Crippen LogP contribution is -2.47. The van der Waals surface area contributed by atoms with Gasteiger partial charge in [0.25, 0.3) is 0 Å². The predicted octanol–water partition coefficient (Wildman–Crippen LogP) is 4.05. The number of hydrogen-bond acceptors (Lipinski definition) is 3. The molecule has 1 N–H and O–H groups in total. The summed E-state index contributed by atoms with van der Waals surface area (Å²) in [5.74, 6) is -0.326. The zero-order chi connectivity index (χ0) is 20.2. The standard InChI is InChI=1S/C21H28N2O3S/c1-6-17-10-8-9-16(4)20(17)22-21(24)19(7-2)23(27(5,25)26)18-13-11-15(3)12-14-18/h8-14,19H,6-7H2,1-5H3,(H,22,24)/t19-/m1/s1. The number of nitrogens with one attached hydrogen (secondary N) is 1. The number of aryl methyl sites for hydroxylation is 3. The van der Waals surface area contributed by atoms with Gasteiger partial charge in [-0.05, 0) is 49.9 Å². The van der Waals surface area contributed by atoms with E-state index < -0.39 is 16.1 Å². The van der Waals surface area contributed by atoms with Gasteiger partial charge in [0, 0.05) is 5.69 Å². The second kappa shape index (κ2) is 8.57. The predicted molar refractivity (Wildman–Crippen MR) is 112 cm³/mol. The van der Waals surface area contributed by atoms with Crippen molar-refractivity contribution in [2.24, 2.45) is 0 Å². The van der Waals surface area contributed by atoms with Crippen LogP contribution in [0.25, 0.3) is 0 Å². The van der Waals surface area contributed by atoms with Gasteiger partial charge in [0.15, 0.2) is 0 Å². The van der Waals surface area contributed by atoms with Crippen molar-refractivity contribution in [3.63, 3.8) is 0 Å². The Morgan fingerprint density at radius 1 is 1.07 bits per heavy atom. The topological polar surface area (TPSA) is 66.5 Å². The molecule has 27 heavy (non-hydrogen) atoms. The molecule has 1 amide bonds. The van der Waals surface area contributed by atoms with Crippen molar-refractivity contribution >= 4 is 27.3 Å². The van der Waals surface area contributed by atoms with Crippen molar-refractivity contribution in [2.45, 2.75) is 46.6 Å². The number of benzene rings is 2. The lowest BCUT2D eigenvalue weighted by molar-refractivity contribution is -0.117. The summed E-state index contributed by atoms with van der Waals surface area (Å²) in [6.45, 7) is 7.71. The number of carbonyl (C=O) groups excluding carboxylic acids is 1. The van der Waals surface area contributed by atoms with Crippen molar-refractivity contribution in [1.82, 2.24) is 0 Å².